The van der Waals surface area contributed by atoms with Crippen LogP contribution in [-0.2, 0) is 40.5 Å². The van der Waals surface area contributed by atoms with Crippen LogP contribution in [0.3, 0.4) is 0 Å². The van der Waals surface area contributed by atoms with E-state index in [0.717, 1.165) is 13.0 Å². The van der Waals surface area contributed by atoms with E-state index in [1.165, 1.54) is 38.5 Å². The Hall–Kier alpha value is -2.92. The second-order valence-electron chi connectivity index (χ2n) is 15.5. The van der Waals surface area contributed by atoms with Crippen LogP contribution in [0, 0.1) is 12.3 Å². The van der Waals surface area contributed by atoms with E-state index in [0.29, 0.717) is 5.69 Å². The molecular weight excluding hydrogens is 630 g/mol. The van der Waals surface area contributed by atoms with Crippen molar-refractivity contribution in [2.75, 3.05) is 26.4 Å². The highest BCUT2D eigenvalue weighted by atomic mass is 16.7. The van der Waals surface area contributed by atoms with Gasteiger partial charge in [0.05, 0.1) is 32.6 Å². The minimum Gasteiger partial charge on any atom is -0.444 e. The van der Waals surface area contributed by atoms with Gasteiger partial charge in [0.1, 0.15) is 22.4 Å². The van der Waals surface area contributed by atoms with Gasteiger partial charge in [0.15, 0.2) is 17.1 Å². The van der Waals surface area contributed by atoms with Gasteiger partial charge in [-0.05, 0) is 75.7 Å². The van der Waals surface area contributed by atoms with Crippen LogP contribution in [0.2, 0.25) is 0 Å². The Morgan fingerprint density at radius 3 is 1.73 bits per heavy atom. The highest BCUT2D eigenvalue weighted by Crippen LogP contribution is 2.31. The van der Waals surface area contributed by atoms with Gasteiger partial charge in [0.25, 0.3) is 0 Å². The number of alkyl carbamates (subject to hydrolysis) is 2. The van der Waals surface area contributed by atoms with Gasteiger partial charge in [-0.3, -0.25) is 4.68 Å². The molecule has 3 rings (SSSR count). The monoisotopic (exact) mass is 695 g/mol. The van der Waals surface area contributed by atoms with Gasteiger partial charge >= 0.3 is 12.2 Å². The SMILES string of the molecule is C.C#CC1(NC(=O)OC(C)(C)C)COC(C)(C)OC1.CCCCCCCCCn1cc(C2(NC(=O)OC(C)(C)C)COC(C)(C)OC2)nn1. The molecule has 0 atom stereocenters. The third kappa shape index (κ3) is 16.1. The summed E-state index contributed by atoms with van der Waals surface area (Å²) in [5.74, 6) is 1.11. The summed E-state index contributed by atoms with van der Waals surface area (Å²) in [6.07, 6.45) is 14.9. The molecule has 13 nitrogen and oxygen atoms in total. The third-order valence-corrected chi connectivity index (χ3v) is 7.44. The zero-order valence-corrected chi connectivity index (χ0v) is 31.2. The zero-order chi connectivity index (χ0) is 36.3. The fraction of sp³-hybridized carbons (Fsp3) is 0.833. The Balaban J connectivity index is 0.000000542. The summed E-state index contributed by atoms with van der Waals surface area (Å²) in [4.78, 5) is 24.2. The number of rotatable bonds is 11. The van der Waals surface area contributed by atoms with Crippen molar-refractivity contribution in [3.63, 3.8) is 0 Å². The fourth-order valence-corrected chi connectivity index (χ4v) is 4.69. The molecule has 282 valence electrons. The maximum Gasteiger partial charge on any atom is 0.409 e. The van der Waals surface area contributed by atoms with E-state index in [-0.39, 0.29) is 33.9 Å². The zero-order valence-electron chi connectivity index (χ0n) is 31.2. The molecular formula is C36H65N5O8. The number of amides is 2. The summed E-state index contributed by atoms with van der Waals surface area (Å²) < 4.78 is 35.1. The van der Waals surface area contributed by atoms with Gasteiger partial charge in [-0.1, -0.05) is 64.0 Å². The van der Waals surface area contributed by atoms with E-state index < -0.39 is 46.0 Å². The first-order valence-electron chi connectivity index (χ1n) is 17.1. The number of carbonyl (C=O) groups excluding carboxylic acids is 2. The molecule has 0 spiro atoms. The van der Waals surface area contributed by atoms with Gasteiger partial charge in [-0.25, -0.2) is 9.59 Å². The van der Waals surface area contributed by atoms with Gasteiger partial charge in [0.2, 0.25) is 0 Å². The van der Waals surface area contributed by atoms with Crippen molar-refractivity contribution >= 4 is 12.2 Å². The summed E-state index contributed by atoms with van der Waals surface area (Å²) >= 11 is 0. The molecule has 1 aromatic heterocycles. The van der Waals surface area contributed by atoms with Crippen molar-refractivity contribution < 1.29 is 38.0 Å². The first kappa shape index (κ1) is 44.1. The Kier molecular flexibility index (Phi) is 16.5. The lowest BCUT2D eigenvalue weighted by Gasteiger charge is -2.42. The van der Waals surface area contributed by atoms with Gasteiger partial charge < -0.3 is 39.1 Å². The number of aryl methyl sites for hydroxylation is 1. The van der Waals surface area contributed by atoms with Crippen molar-refractivity contribution in [1.29, 1.82) is 0 Å². The number of nitrogens with zero attached hydrogens (tertiary/aromatic N) is 3. The number of unbranched alkanes of at least 4 members (excludes halogenated alkanes) is 6. The number of ether oxygens (including phenoxy) is 6. The molecule has 2 amide bonds. The third-order valence-electron chi connectivity index (χ3n) is 7.44. The first-order chi connectivity index (χ1) is 22.1. The maximum atomic E-state index is 12.5. The van der Waals surface area contributed by atoms with Crippen LogP contribution in [-0.4, -0.2) is 81.9 Å². The lowest BCUT2D eigenvalue weighted by Crippen LogP contribution is -2.60. The normalized spacial score (nSPS) is 19.1. The van der Waals surface area contributed by atoms with Gasteiger partial charge in [-0.2, -0.15) is 0 Å². The van der Waals surface area contributed by atoms with Crippen LogP contribution in [0.15, 0.2) is 6.20 Å². The molecule has 2 N–H and O–H groups in total. The van der Waals surface area contributed by atoms with E-state index in [2.05, 4.69) is 33.8 Å². The highest BCUT2D eigenvalue weighted by molar-refractivity contribution is 5.70. The van der Waals surface area contributed by atoms with E-state index >= 15 is 0 Å². The molecule has 0 aliphatic carbocycles. The van der Waals surface area contributed by atoms with E-state index in [4.69, 9.17) is 34.8 Å². The number of terminal acetylenes is 1. The predicted octanol–water partition coefficient (Wildman–Crippen LogP) is 6.83. The molecule has 0 saturated carbocycles. The van der Waals surface area contributed by atoms with E-state index in [1.807, 2.05) is 45.5 Å². The van der Waals surface area contributed by atoms with E-state index in [1.54, 1.807) is 34.6 Å². The molecule has 0 unspecified atom stereocenters. The largest absolute Gasteiger partial charge is 0.444 e. The van der Waals surface area contributed by atoms with Crippen molar-refractivity contribution in [3.8, 4) is 12.3 Å². The summed E-state index contributed by atoms with van der Waals surface area (Å²) in [5.41, 5.74) is -2.47. The smallest absolute Gasteiger partial charge is 0.409 e. The first-order valence-corrected chi connectivity index (χ1v) is 17.1. The molecule has 0 aromatic carbocycles. The van der Waals surface area contributed by atoms with Crippen molar-refractivity contribution in [1.82, 2.24) is 25.6 Å². The molecule has 0 bridgehead atoms. The molecule has 3 heterocycles. The second kappa shape index (κ2) is 18.4. The summed E-state index contributed by atoms with van der Waals surface area (Å²) in [5, 5.41) is 14.2. The molecule has 13 heteroatoms. The lowest BCUT2D eigenvalue weighted by atomic mass is 9.96. The Bertz CT molecular complexity index is 1190. The lowest BCUT2D eigenvalue weighted by molar-refractivity contribution is -0.273. The number of aromatic nitrogens is 3. The van der Waals surface area contributed by atoms with Crippen LogP contribution >= 0.6 is 0 Å². The number of hydrogen-bond donors (Lipinski definition) is 2. The Morgan fingerprint density at radius 2 is 1.27 bits per heavy atom. The predicted molar refractivity (Wildman–Crippen MR) is 189 cm³/mol. The maximum absolute atomic E-state index is 12.5. The molecule has 0 radical (unpaired) electrons. The molecule has 2 fully saturated rings. The summed E-state index contributed by atoms with van der Waals surface area (Å²) in [6, 6.07) is 0. The van der Waals surface area contributed by atoms with Crippen LogP contribution in [0.5, 0.6) is 0 Å². The molecule has 2 aliphatic rings. The van der Waals surface area contributed by atoms with Crippen molar-refractivity contribution in [3.05, 3.63) is 11.9 Å². The highest BCUT2D eigenvalue weighted by Gasteiger charge is 2.46. The summed E-state index contributed by atoms with van der Waals surface area (Å²) in [7, 11) is 0. The second-order valence-corrected chi connectivity index (χ2v) is 15.5. The van der Waals surface area contributed by atoms with Crippen LogP contribution < -0.4 is 10.6 Å². The average Bonchev–Trinajstić information content (AvgIpc) is 3.43. The minimum atomic E-state index is -0.974. The Morgan fingerprint density at radius 1 is 0.816 bits per heavy atom. The van der Waals surface area contributed by atoms with Gasteiger partial charge in [-0.15, -0.1) is 11.5 Å². The average molecular weight is 696 g/mol. The molecule has 2 saturated heterocycles. The van der Waals surface area contributed by atoms with E-state index in [9.17, 15) is 9.59 Å². The fourth-order valence-electron chi connectivity index (χ4n) is 4.69. The number of nitrogens with one attached hydrogen (secondary N) is 2. The number of hydrogen-bond acceptors (Lipinski definition) is 10. The quantitative estimate of drug-likeness (QED) is 0.187. The Labute approximate surface area is 295 Å². The van der Waals surface area contributed by atoms with Crippen molar-refractivity contribution in [2.45, 2.75) is 169 Å². The molecule has 2 aliphatic heterocycles. The van der Waals surface area contributed by atoms with Crippen LogP contribution in [0.1, 0.15) is 134 Å². The standard InChI is InChI=1S/C22H40N4O4.C13H21NO4.CH4/c1-7-8-9-10-11-12-13-14-26-15-18(24-25-26)22(16-28-21(5,6)29-17-22)23-19(27)30-20(2,3)4;1-7-13(8-16-12(5,6)17-9-13)14-10(15)18-11(2,3)4;/h15H,7-14,16-17H2,1-6H3,(H,23,27);1H,8-9H2,2-6H3,(H,14,15);1H4. The van der Waals surface area contributed by atoms with Crippen molar-refractivity contribution in [2.24, 2.45) is 0 Å². The van der Waals surface area contributed by atoms with Crippen LogP contribution in [0.4, 0.5) is 9.59 Å². The summed E-state index contributed by atoms with van der Waals surface area (Å²) in [6.45, 7) is 22.0. The number of carbonyl (C=O) groups is 2. The van der Waals surface area contributed by atoms with Crippen LogP contribution in [0.25, 0.3) is 0 Å². The molecule has 1 aromatic rings. The topological polar surface area (TPSA) is 144 Å². The van der Waals surface area contributed by atoms with Gasteiger partial charge in [0, 0.05) is 6.54 Å². The molecule has 49 heavy (non-hydrogen) atoms. The minimum absolute atomic E-state index is 0.